The molecule has 4 nitrogen and oxygen atoms in total. The minimum absolute atomic E-state index is 0.0780. The van der Waals surface area contributed by atoms with Crippen LogP contribution in [0, 0.1) is 5.41 Å². The molecule has 3 N–H and O–H groups in total. The lowest BCUT2D eigenvalue weighted by atomic mass is 9.86. The maximum absolute atomic E-state index is 5.96. The molecule has 0 bridgehead atoms. The van der Waals surface area contributed by atoms with Gasteiger partial charge in [0.2, 0.25) is 0 Å². The molecule has 1 heterocycles. The Labute approximate surface area is 138 Å². The summed E-state index contributed by atoms with van der Waals surface area (Å²) in [5.74, 6) is 0.502. The standard InChI is InChI=1S/C19H26N4/c1-19(2,14-16-8-4-3-5-9-16)15-23-18(20)22-13-11-17-10-6-7-12-21-17/h3-10,12H,11,13-15H2,1-2H3,(H3,20,22,23). The summed E-state index contributed by atoms with van der Waals surface area (Å²) < 4.78 is 0. The molecule has 0 spiro atoms. The van der Waals surface area contributed by atoms with E-state index in [-0.39, 0.29) is 5.41 Å². The summed E-state index contributed by atoms with van der Waals surface area (Å²) in [7, 11) is 0. The minimum atomic E-state index is 0.0780. The predicted octanol–water partition coefficient (Wildman–Crippen LogP) is 2.80. The predicted molar refractivity (Wildman–Crippen MR) is 96.4 cm³/mol. The smallest absolute Gasteiger partial charge is 0.188 e. The Bertz CT molecular complexity index is 606. The van der Waals surface area contributed by atoms with E-state index < -0.39 is 0 Å². The summed E-state index contributed by atoms with van der Waals surface area (Å²) in [5.41, 5.74) is 8.42. The fourth-order valence-electron chi connectivity index (χ4n) is 2.42. The summed E-state index contributed by atoms with van der Waals surface area (Å²) in [4.78, 5) is 8.77. The van der Waals surface area contributed by atoms with Crippen LogP contribution in [0.25, 0.3) is 0 Å². The molecule has 23 heavy (non-hydrogen) atoms. The third-order valence-corrected chi connectivity index (χ3v) is 3.62. The van der Waals surface area contributed by atoms with Gasteiger partial charge in [-0.25, -0.2) is 0 Å². The number of rotatable bonds is 7. The van der Waals surface area contributed by atoms with E-state index in [4.69, 9.17) is 5.73 Å². The van der Waals surface area contributed by atoms with Crippen molar-refractivity contribution in [2.24, 2.45) is 16.1 Å². The topological polar surface area (TPSA) is 63.3 Å². The van der Waals surface area contributed by atoms with Crippen LogP contribution in [-0.4, -0.2) is 24.0 Å². The van der Waals surface area contributed by atoms with E-state index in [9.17, 15) is 0 Å². The third-order valence-electron chi connectivity index (χ3n) is 3.62. The van der Waals surface area contributed by atoms with Gasteiger partial charge >= 0.3 is 0 Å². The largest absolute Gasteiger partial charge is 0.370 e. The molecule has 2 rings (SSSR count). The van der Waals surface area contributed by atoms with Crippen molar-refractivity contribution in [3.05, 3.63) is 66.0 Å². The Hall–Kier alpha value is -2.36. The Kier molecular flexibility index (Phi) is 6.15. The minimum Gasteiger partial charge on any atom is -0.370 e. The van der Waals surface area contributed by atoms with Crippen molar-refractivity contribution >= 4 is 5.96 Å². The highest BCUT2D eigenvalue weighted by molar-refractivity contribution is 5.77. The van der Waals surface area contributed by atoms with Crippen LogP contribution in [0.5, 0.6) is 0 Å². The van der Waals surface area contributed by atoms with Gasteiger partial charge in [0.25, 0.3) is 0 Å². The maximum Gasteiger partial charge on any atom is 0.188 e. The first-order valence-electron chi connectivity index (χ1n) is 8.03. The van der Waals surface area contributed by atoms with Gasteiger partial charge in [0.05, 0.1) is 0 Å². The van der Waals surface area contributed by atoms with Crippen molar-refractivity contribution in [3.8, 4) is 0 Å². The van der Waals surface area contributed by atoms with Crippen LogP contribution in [0.1, 0.15) is 25.1 Å². The summed E-state index contributed by atoms with van der Waals surface area (Å²) >= 11 is 0. The molecule has 0 saturated carbocycles. The lowest BCUT2D eigenvalue weighted by Crippen LogP contribution is -2.34. The summed E-state index contributed by atoms with van der Waals surface area (Å²) in [5, 5.41) is 3.16. The molecular weight excluding hydrogens is 284 g/mol. The highest BCUT2D eigenvalue weighted by Crippen LogP contribution is 2.21. The lowest BCUT2D eigenvalue weighted by molar-refractivity contribution is 0.377. The molecule has 0 atom stereocenters. The number of hydrogen-bond acceptors (Lipinski definition) is 2. The Morgan fingerprint density at radius 1 is 1.13 bits per heavy atom. The average Bonchev–Trinajstić information content (AvgIpc) is 2.55. The molecule has 0 aliphatic rings. The highest BCUT2D eigenvalue weighted by atomic mass is 15.1. The first kappa shape index (κ1) is 17.0. The van der Waals surface area contributed by atoms with Crippen LogP contribution in [-0.2, 0) is 12.8 Å². The van der Waals surface area contributed by atoms with Gasteiger partial charge in [0, 0.05) is 31.4 Å². The van der Waals surface area contributed by atoms with Crippen molar-refractivity contribution in [1.82, 2.24) is 10.3 Å². The Morgan fingerprint density at radius 2 is 1.87 bits per heavy atom. The normalized spacial score (nSPS) is 12.2. The third kappa shape index (κ3) is 6.51. The maximum atomic E-state index is 5.96. The van der Waals surface area contributed by atoms with E-state index in [1.165, 1.54) is 5.56 Å². The molecule has 0 aliphatic heterocycles. The number of nitrogens with one attached hydrogen (secondary N) is 1. The Morgan fingerprint density at radius 3 is 2.57 bits per heavy atom. The van der Waals surface area contributed by atoms with Crippen molar-refractivity contribution < 1.29 is 0 Å². The molecule has 0 amide bonds. The molecule has 1 aromatic heterocycles. The summed E-state index contributed by atoms with van der Waals surface area (Å²) in [6.07, 6.45) is 3.63. The van der Waals surface area contributed by atoms with Gasteiger partial charge in [-0.15, -0.1) is 0 Å². The number of nitrogens with two attached hydrogens (primary N) is 1. The molecular formula is C19H26N4. The second kappa shape index (κ2) is 8.32. The molecule has 122 valence electrons. The summed E-state index contributed by atoms with van der Waals surface area (Å²) in [6.45, 7) is 5.87. The van der Waals surface area contributed by atoms with Crippen molar-refractivity contribution in [1.29, 1.82) is 0 Å². The number of guanidine groups is 1. The van der Waals surface area contributed by atoms with Crippen molar-refractivity contribution in [2.45, 2.75) is 26.7 Å². The molecule has 0 radical (unpaired) electrons. The van der Waals surface area contributed by atoms with Gasteiger partial charge in [-0.05, 0) is 29.5 Å². The van der Waals surface area contributed by atoms with Crippen LogP contribution in [0.2, 0.25) is 0 Å². The van der Waals surface area contributed by atoms with Crippen LogP contribution >= 0.6 is 0 Å². The zero-order valence-corrected chi connectivity index (χ0v) is 14.0. The van der Waals surface area contributed by atoms with Crippen LogP contribution < -0.4 is 11.1 Å². The first-order chi connectivity index (χ1) is 11.1. The molecule has 2 aromatic rings. The van der Waals surface area contributed by atoms with Gasteiger partial charge < -0.3 is 11.1 Å². The van der Waals surface area contributed by atoms with E-state index in [0.29, 0.717) is 12.5 Å². The zero-order chi connectivity index (χ0) is 16.5. The lowest BCUT2D eigenvalue weighted by Gasteiger charge is -2.22. The first-order valence-corrected chi connectivity index (χ1v) is 8.03. The second-order valence-corrected chi connectivity index (χ2v) is 6.53. The number of hydrogen-bond donors (Lipinski definition) is 2. The van der Waals surface area contributed by atoms with E-state index in [2.05, 4.69) is 53.4 Å². The number of aliphatic imine (C=N–C) groups is 1. The van der Waals surface area contributed by atoms with Gasteiger partial charge in [-0.1, -0.05) is 50.2 Å². The Balaban J connectivity index is 1.76. The monoisotopic (exact) mass is 310 g/mol. The summed E-state index contributed by atoms with van der Waals surface area (Å²) in [6, 6.07) is 16.4. The van der Waals surface area contributed by atoms with Crippen LogP contribution in [0.15, 0.2) is 59.7 Å². The second-order valence-electron chi connectivity index (χ2n) is 6.53. The molecule has 1 aromatic carbocycles. The molecule has 0 saturated heterocycles. The zero-order valence-electron chi connectivity index (χ0n) is 14.0. The molecule has 0 fully saturated rings. The van der Waals surface area contributed by atoms with E-state index in [0.717, 1.165) is 25.1 Å². The van der Waals surface area contributed by atoms with E-state index in [1.807, 2.05) is 24.3 Å². The van der Waals surface area contributed by atoms with Gasteiger partial charge in [0.15, 0.2) is 5.96 Å². The number of benzene rings is 1. The number of pyridine rings is 1. The van der Waals surface area contributed by atoms with Gasteiger partial charge in [-0.2, -0.15) is 0 Å². The number of nitrogens with zero attached hydrogens (tertiary/aromatic N) is 2. The average molecular weight is 310 g/mol. The van der Waals surface area contributed by atoms with Gasteiger partial charge in [-0.3, -0.25) is 9.98 Å². The van der Waals surface area contributed by atoms with Crippen LogP contribution in [0.3, 0.4) is 0 Å². The number of aromatic nitrogens is 1. The van der Waals surface area contributed by atoms with E-state index >= 15 is 0 Å². The quantitative estimate of drug-likeness (QED) is 0.610. The molecule has 0 aliphatic carbocycles. The fraction of sp³-hybridized carbons (Fsp3) is 0.368. The highest BCUT2D eigenvalue weighted by Gasteiger charge is 2.18. The van der Waals surface area contributed by atoms with E-state index in [1.54, 1.807) is 6.20 Å². The van der Waals surface area contributed by atoms with Gasteiger partial charge in [0.1, 0.15) is 0 Å². The SMILES string of the molecule is CC(C)(CN=C(N)NCCc1ccccn1)Cc1ccccc1. The fourth-order valence-corrected chi connectivity index (χ4v) is 2.42. The molecule has 4 heteroatoms. The van der Waals surface area contributed by atoms with Crippen molar-refractivity contribution in [3.63, 3.8) is 0 Å². The van der Waals surface area contributed by atoms with Crippen molar-refractivity contribution in [2.75, 3.05) is 13.1 Å². The van der Waals surface area contributed by atoms with Crippen LogP contribution in [0.4, 0.5) is 0 Å². The molecule has 0 unspecified atom stereocenters.